The molecular formula is C18H16N4O4. The van der Waals surface area contributed by atoms with Crippen LogP contribution in [0.1, 0.15) is 15.9 Å². The monoisotopic (exact) mass is 352 g/mol. The third-order valence-corrected chi connectivity index (χ3v) is 3.74. The maximum absolute atomic E-state index is 12.0. The normalized spacial score (nSPS) is 11.1. The van der Waals surface area contributed by atoms with Gasteiger partial charge in [-0.1, -0.05) is 18.2 Å². The second-order valence-corrected chi connectivity index (χ2v) is 5.60. The summed E-state index contributed by atoms with van der Waals surface area (Å²) in [6.45, 7) is 0.0299. The van der Waals surface area contributed by atoms with Crippen LogP contribution < -0.4 is 11.2 Å². The maximum atomic E-state index is 12.0. The summed E-state index contributed by atoms with van der Waals surface area (Å²) in [6, 6.07) is 11.0. The Morgan fingerprint density at radius 2 is 1.96 bits per heavy atom. The molecule has 0 aliphatic carbocycles. The minimum atomic E-state index is -0.625. The van der Waals surface area contributed by atoms with Gasteiger partial charge >= 0.3 is 0 Å². The van der Waals surface area contributed by atoms with E-state index in [1.54, 1.807) is 10.8 Å². The van der Waals surface area contributed by atoms with E-state index in [1.807, 2.05) is 24.3 Å². The highest BCUT2D eigenvalue weighted by molar-refractivity contribution is 6.01. The average Bonchev–Trinajstić information content (AvgIpc) is 2.92. The summed E-state index contributed by atoms with van der Waals surface area (Å²) in [5, 5.41) is 23.7. The number of phenolic OH excluding ortho intramolecular Hbond substituents is 2. The molecule has 0 spiro atoms. The lowest BCUT2D eigenvalue weighted by atomic mass is 10.2. The van der Waals surface area contributed by atoms with Crippen LogP contribution in [0.2, 0.25) is 0 Å². The number of hydrogen-bond donors (Lipinski definition) is 4. The van der Waals surface area contributed by atoms with Crippen LogP contribution in [0.5, 0.6) is 11.5 Å². The Morgan fingerprint density at radius 1 is 1.19 bits per heavy atom. The van der Waals surface area contributed by atoms with E-state index in [1.165, 1.54) is 18.3 Å². The van der Waals surface area contributed by atoms with Gasteiger partial charge in [-0.05, 0) is 18.2 Å². The summed E-state index contributed by atoms with van der Waals surface area (Å²) < 4.78 is 1.70. The number of nitrogens with two attached hydrogens (primary N) is 1. The molecule has 8 heteroatoms. The first-order valence-corrected chi connectivity index (χ1v) is 7.67. The molecule has 0 saturated heterocycles. The number of primary amides is 1. The third-order valence-electron chi connectivity index (χ3n) is 3.74. The highest BCUT2D eigenvalue weighted by Crippen LogP contribution is 2.22. The van der Waals surface area contributed by atoms with E-state index in [9.17, 15) is 19.8 Å². The molecule has 0 aliphatic heterocycles. The fourth-order valence-corrected chi connectivity index (χ4v) is 2.61. The molecule has 2 aromatic carbocycles. The summed E-state index contributed by atoms with van der Waals surface area (Å²) in [4.78, 5) is 23.3. The topological polar surface area (TPSA) is 130 Å². The molecule has 1 aromatic heterocycles. The van der Waals surface area contributed by atoms with E-state index in [0.29, 0.717) is 5.56 Å². The molecule has 2 amide bonds. The van der Waals surface area contributed by atoms with E-state index < -0.39 is 11.8 Å². The van der Waals surface area contributed by atoms with Crippen LogP contribution in [-0.4, -0.2) is 32.8 Å². The number of carbonyl (C=O) groups is 2. The van der Waals surface area contributed by atoms with Crippen molar-refractivity contribution in [3.8, 4) is 11.5 Å². The zero-order valence-corrected chi connectivity index (χ0v) is 13.6. The molecule has 5 N–H and O–H groups in total. The van der Waals surface area contributed by atoms with Crippen molar-refractivity contribution in [2.75, 3.05) is 0 Å². The van der Waals surface area contributed by atoms with Crippen molar-refractivity contribution < 1.29 is 19.8 Å². The highest BCUT2D eigenvalue weighted by atomic mass is 16.3. The molecule has 3 rings (SSSR count). The van der Waals surface area contributed by atoms with Gasteiger partial charge in [0.2, 0.25) is 5.91 Å². The smallest absolute Gasteiger partial charge is 0.275 e. The fourth-order valence-electron chi connectivity index (χ4n) is 2.61. The Hall–Kier alpha value is -3.81. The zero-order valence-electron chi connectivity index (χ0n) is 13.6. The van der Waals surface area contributed by atoms with Crippen LogP contribution >= 0.6 is 0 Å². The lowest BCUT2D eigenvalue weighted by Crippen LogP contribution is -2.18. The van der Waals surface area contributed by atoms with Crippen molar-refractivity contribution in [2.45, 2.75) is 6.54 Å². The number of rotatable bonds is 5. The number of carbonyl (C=O) groups excluding carboxylic acids is 2. The lowest BCUT2D eigenvalue weighted by Gasteiger charge is -2.03. The Balaban J connectivity index is 1.82. The first-order chi connectivity index (χ1) is 12.5. The Kier molecular flexibility index (Phi) is 4.57. The zero-order chi connectivity index (χ0) is 18.7. The number of amides is 2. The first kappa shape index (κ1) is 17.0. The van der Waals surface area contributed by atoms with Crippen LogP contribution in [0.3, 0.4) is 0 Å². The number of fused-ring (bicyclic) bond motifs is 1. The van der Waals surface area contributed by atoms with Crippen molar-refractivity contribution in [1.82, 2.24) is 9.99 Å². The predicted molar refractivity (Wildman–Crippen MR) is 96.0 cm³/mol. The standard InChI is InChI=1S/C18H16N4O4/c19-17(25)10-22-9-11(13-3-1-2-4-15(13)22)8-20-21-18(26)14-6-5-12(23)7-16(14)24/h1-9,23-24H,10H2,(H2,19,25)(H,21,26). The number of benzene rings is 2. The quantitative estimate of drug-likeness (QED) is 0.407. The first-order valence-electron chi connectivity index (χ1n) is 7.67. The van der Waals surface area contributed by atoms with Gasteiger partial charge in [0.15, 0.2) is 0 Å². The third kappa shape index (κ3) is 3.48. The van der Waals surface area contributed by atoms with Gasteiger partial charge in [0.25, 0.3) is 5.91 Å². The molecule has 3 aromatic rings. The van der Waals surface area contributed by atoms with Gasteiger partial charge in [-0.3, -0.25) is 9.59 Å². The highest BCUT2D eigenvalue weighted by Gasteiger charge is 2.11. The number of aromatic nitrogens is 1. The van der Waals surface area contributed by atoms with Gasteiger partial charge in [0.1, 0.15) is 18.0 Å². The minimum absolute atomic E-state index is 0.0175. The molecule has 0 bridgehead atoms. The number of hydrogen-bond acceptors (Lipinski definition) is 5. The van der Waals surface area contributed by atoms with E-state index in [0.717, 1.165) is 17.0 Å². The second kappa shape index (κ2) is 6.98. The van der Waals surface area contributed by atoms with Crippen LogP contribution in [0.15, 0.2) is 53.8 Å². The number of nitrogens with zero attached hydrogens (tertiary/aromatic N) is 2. The van der Waals surface area contributed by atoms with Crippen LogP contribution in [0.25, 0.3) is 10.9 Å². The maximum Gasteiger partial charge on any atom is 0.275 e. The van der Waals surface area contributed by atoms with Crippen molar-refractivity contribution in [1.29, 1.82) is 0 Å². The Bertz CT molecular complexity index is 1020. The van der Waals surface area contributed by atoms with Crippen molar-refractivity contribution in [3.05, 3.63) is 59.8 Å². The van der Waals surface area contributed by atoms with Crippen molar-refractivity contribution in [2.24, 2.45) is 10.8 Å². The minimum Gasteiger partial charge on any atom is -0.508 e. The number of aromatic hydroxyl groups is 2. The SMILES string of the molecule is NC(=O)Cn1cc(C=NNC(=O)c2ccc(O)cc2O)c2ccccc21. The van der Waals surface area contributed by atoms with Gasteiger partial charge in [-0.2, -0.15) is 5.10 Å². The van der Waals surface area contributed by atoms with Gasteiger partial charge < -0.3 is 20.5 Å². The molecular weight excluding hydrogens is 336 g/mol. The van der Waals surface area contributed by atoms with Crippen molar-refractivity contribution in [3.63, 3.8) is 0 Å². The van der Waals surface area contributed by atoms with E-state index in [2.05, 4.69) is 10.5 Å². The van der Waals surface area contributed by atoms with Gasteiger partial charge in [-0.15, -0.1) is 0 Å². The molecule has 0 radical (unpaired) electrons. The largest absolute Gasteiger partial charge is 0.508 e. The van der Waals surface area contributed by atoms with Crippen molar-refractivity contribution >= 4 is 28.9 Å². The van der Waals surface area contributed by atoms with Gasteiger partial charge in [0.05, 0.1) is 11.8 Å². The Labute approximate surface area is 148 Å². The molecule has 0 aliphatic rings. The molecule has 1 heterocycles. The summed E-state index contributed by atoms with van der Waals surface area (Å²) in [5.41, 5.74) is 9.06. The average molecular weight is 352 g/mol. The summed E-state index contributed by atoms with van der Waals surface area (Å²) >= 11 is 0. The summed E-state index contributed by atoms with van der Waals surface area (Å²) in [6.07, 6.45) is 3.15. The predicted octanol–water partition coefficient (Wildman–Crippen LogP) is 1.30. The molecule has 0 fully saturated rings. The molecule has 132 valence electrons. The second-order valence-electron chi connectivity index (χ2n) is 5.60. The number of nitrogens with one attached hydrogen (secondary N) is 1. The molecule has 0 atom stereocenters. The Morgan fingerprint density at radius 3 is 2.69 bits per heavy atom. The van der Waals surface area contributed by atoms with Crippen LogP contribution in [0, 0.1) is 0 Å². The molecule has 26 heavy (non-hydrogen) atoms. The molecule has 0 saturated carbocycles. The van der Waals surface area contributed by atoms with E-state index >= 15 is 0 Å². The fraction of sp³-hybridized carbons (Fsp3) is 0.0556. The van der Waals surface area contributed by atoms with Crippen LogP contribution in [-0.2, 0) is 11.3 Å². The number of phenols is 2. The van der Waals surface area contributed by atoms with E-state index in [4.69, 9.17) is 5.73 Å². The summed E-state index contributed by atoms with van der Waals surface area (Å²) in [5.74, 6) is -1.59. The number of hydrazone groups is 1. The molecule has 0 unspecified atom stereocenters. The lowest BCUT2D eigenvalue weighted by molar-refractivity contribution is -0.118. The van der Waals surface area contributed by atoms with Crippen LogP contribution in [0.4, 0.5) is 0 Å². The number of para-hydroxylation sites is 1. The van der Waals surface area contributed by atoms with Gasteiger partial charge in [-0.25, -0.2) is 5.43 Å². The molecule has 8 nitrogen and oxygen atoms in total. The summed E-state index contributed by atoms with van der Waals surface area (Å²) in [7, 11) is 0. The van der Waals surface area contributed by atoms with Gasteiger partial charge in [0, 0.05) is 28.7 Å². The van der Waals surface area contributed by atoms with E-state index in [-0.39, 0.29) is 23.6 Å².